The number of pyridine rings is 1. The number of thiol groups is 1. The van der Waals surface area contributed by atoms with Crippen LogP contribution in [0.15, 0.2) is 77.8 Å². The second-order valence-corrected chi connectivity index (χ2v) is 6.73. The molecule has 0 saturated heterocycles. The number of rotatable bonds is 3. The van der Waals surface area contributed by atoms with Crippen LogP contribution in [0.4, 0.5) is 0 Å². The first-order chi connectivity index (χ1) is 13.1. The van der Waals surface area contributed by atoms with Gasteiger partial charge in [-0.3, -0.25) is 15.8 Å². The monoisotopic (exact) mass is 371 g/mol. The number of benzene rings is 2. The van der Waals surface area contributed by atoms with Gasteiger partial charge in [-0.25, -0.2) is 4.68 Å². The molecule has 0 saturated carbocycles. The van der Waals surface area contributed by atoms with Crippen molar-refractivity contribution in [1.29, 1.82) is 10.8 Å². The smallest absolute Gasteiger partial charge is 0.148 e. The van der Waals surface area contributed by atoms with E-state index in [4.69, 9.17) is 10.8 Å². The molecular weight excluding hydrogens is 354 g/mol. The summed E-state index contributed by atoms with van der Waals surface area (Å²) in [6.45, 7) is 0. The quantitative estimate of drug-likeness (QED) is 0.290. The van der Waals surface area contributed by atoms with Crippen LogP contribution in [0.1, 0.15) is 5.56 Å². The molecule has 0 aliphatic heterocycles. The Labute approximate surface area is 161 Å². The third-order valence-corrected chi connectivity index (χ3v) is 4.59. The van der Waals surface area contributed by atoms with Crippen LogP contribution < -0.4 is 5.49 Å². The van der Waals surface area contributed by atoms with Crippen LogP contribution in [-0.4, -0.2) is 20.6 Å². The Balaban J connectivity index is 1.65. The van der Waals surface area contributed by atoms with Gasteiger partial charge < -0.3 is 0 Å². The van der Waals surface area contributed by atoms with Crippen molar-refractivity contribution < 1.29 is 0 Å². The molecule has 2 aromatic carbocycles. The SMILES string of the molecule is N=C(Cc1ccc2ncccc2c1)n1nc(-c2ccc(S)cc2)ccc1=N. The summed E-state index contributed by atoms with van der Waals surface area (Å²) in [5, 5.41) is 22.1. The first kappa shape index (κ1) is 17.2. The van der Waals surface area contributed by atoms with Gasteiger partial charge in [-0.1, -0.05) is 24.3 Å². The molecule has 2 aromatic heterocycles. The molecule has 4 rings (SSSR count). The second-order valence-electron chi connectivity index (χ2n) is 6.22. The standard InChI is InChI=1S/C21H17N5S/c22-20-10-9-19(15-4-6-17(27)7-5-15)25-26(20)21(23)13-14-3-8-18-16(12-14)2-1-11-24-18/h1-12,22-23,27H,13H2. The van der Waals surface area contributed by atoms with E-state index >= 15 is 0 Å². The second kappa shape index (κ2) is 7.17. The first-order valence-electron chi connectivity index (χ1n) is 8.46. The molecule has 0 bridgehead atoms. The fourth-order valence-electron chi connectivity index (χ4n) is 2.92. The summed E-state index contributed by atoms with van der Waals surface area (Å²) in [5.41, 5.74) is 3.73. The highest BCUT2D eigenvalue weighted by Crippen LogP contribution is 2.18. The Hall–Kier alpha value is -3.25. The maximum absolute atomic E-state index is 8.46. The average Bonchev–Trinajstić information content (AvgIpc) is 2.69. The topological polar surface area (TPSA) is 78.4 Å². The van der Waals surface area contributed by atoms with Crippen molar-refractivity contribution in [3.63, 3.8) is 0 Å². The van der Waals surface area contributed by atoms with Crippen LogP contribution in [0.3, 0.4) is 0 Å². The summed E-state index contributed by atoms with van der Waals surface area (Å²) in [4.78, 5) is 5.20. The highest BCUT2D eigenvalue weighted by Gasteiger charge is 2.08. The predicted molar refractivity (Wildman–Crippen MR) is 109 cm³/mol. The lowest BCUT2D eigenvalue weighted by molar-refractivity contribution is 0.799. The van der Waals surface area contributed by atoms with Gasteiger partial charge >= 0.3 is 0 Å². The molecule has 0 radical (unpaired) electrons. The number of nitrogens with one attached hydrogen (secondary N) is 2. The highest BCUT2D eigenvalue weighted by molar-refractivity contribution is 7.80. The summed E-state index contributed by atoms with van der Waals surface area (Å²) in [6.07, 6.45) is 2.15. The maximum atomic E-state index is 8.46. The van der Waals surface area contributed by atoms with Crippen molar-refractivity contribution in [2.24, 2.45) is 0 Å². The summed E-state index contributed by atoms with van der Waals surface area (Å²) >= 11 is 4.30. The molecule has 0 fully saturated rings. The molecule has 132 valence electrons. The normalized spacial score (nSPS) is 10.9. The molecule has 2 N–H and O–H groups in total. The van der Waals surface area contributed by atoms with Gasteiger partial charge in [-0.2, -0.15) is 5.10 Å². The fraction of sp³-hybridized carbons (Fsp3) is 0.0476. The van der Waals surface area contributed by atoms with E-state index in [0.29, 0.717) is 12.1 Å². The Morgan fingerprint density at radius 1 is 1.00 bits per heavy atom. The van der Waals surface area contributed by atoms with Gasteiger partial charge in [0, 0.05) is 28.5 Å². The lowest BCUT2D eigenvalue weighted by Gasteiger charge is -2.10. The van der Waals surface area contributed by atoms with Crippen molar-refractivity contribution in [2.45, 2.75) is 11.3 Å². The third kappa shape index (κ3) is 3.66. The molecule has 5 nitrogen and oxygen atoms in total. The fourth-order valence-corrected chi connectivity index (χ4v) is 3.07. The molecule has 6 heteroatoms. The highest BCUT2D eigenvalue weighted by atomic mass is 32.1. The molecule has 0 atom stereocenters. The summed E-state index contributed by atoms with van der Waals surface area (Å²) in [7, 11) is 0. The summed E-state index contributed by atoms with van der Waals surface area (Å²) in [6, 6.07) is 20.9. The Morgan fingerprint density at radius 2 is 1.81 bits per heavy atom. The van der Waals surface area contributed by atoms with Crippen molar-refractivity contribution in [3.05, 3.63) is 84.0 Å². The van der Waals surface area contributed by atoms with E-state index in [0.717, 1.165) is 26.9 Å². The Kier molecular flexibility index (Phi) is 4.56. The minimum atomic E-state index is 0.178. The zero-order valence-corrected chi connectivity index (χ0v) is 15.3. The van der Waals surface area contributed by atoms with E-state index in [1.807, 2.05) is 54.6 Å². The van der Waals surface area contributed by atoms with Gasteiger partial charge in [0.2, 0.25) is 0 Å². The zero-order valence-electron chi connectivity index (χ0n) is 14.4. The van der Waals surface area contributed by atoms with Crippen molar-refractivity contribution in [1.82, 2.24) is 14.8 Å². The molecule has 0 aliphatic rings. The molecule has 4 aromatic rings. The average molecular weight is 371 g/mol. The Morgan fingerprint density at radius 3 is 2.63 bits per heavy atom. The number of nitrogens with zero attached hydrogens (tertiary/aromatic N) is 3. The molecule has 0 aliphatic carbocycles. The molecule has 2 heterocycles. The van der Waals surface area contributed by atoms with Crippen molar-refractivity contribution in [2.75, 3.05) is 0 Å². The largest absolute Gasteiger partial charge is 0.286 e. The van der Waals surface area contributed by atoms with Crippen LogP contribution in [0.25, 0.3) is 22.2 Å². The number of hydrogen-bond acceptors (Lipinski definition) is 5. The molecular formula is C21H17N5S. The van der Waals surface area contributed by atoms with E-state index in [-0.39, 0.29) is 11.3 Å². The first-order valence-corrected chi connectivity index (χ1v) is 8.91. The summed E-state index contributed by atoms with van der Waals surface area (Å²) < 4.78 is 1.37. The molecule has 0 unspecified atom stereocenters. The lowest BCUT2D eigenvalue weighted by Crippen LogP contribution is -2.30. The summed E-state index contributed by atoms with van der Waals surface area (Å²) in [5.74, 6) is 0.246. The van der Waals surface area contributed by atoms with Gasteiger partial charge in [-0.05, 0) is 48.0 Å². The minimum absolute atomic E-state index is 0.178. The van der Waals surface area contributed by atoms with E-state index in [2.05, 4.69) is 22.7 Å². The Bertz CT molecular complexity index is 1200. The van der Waals surface area contributed by atoms with E-state index in [1.165, 1.54) is 4.68 Å². The van der Waals surface area contributed by atoms with E-state index in [1.54, 1.807) is 18.3 Å². The molecule has 0 spiro atoms. The number of hydrogen-bond donors (Lipinski definition) is 3. The number of aromatic nitrogens is 3. The lowest BCUT2D eigenvalue weighted by atomic mass is 10.1. The maximum Gasteiger partial charge on any atom is 0.148 e. The third-order valence-electron chi connectivity index (χ3n) is 4.29. The van der Waals surface area contributed by atoms with Crippen LogP contribution in [0, 0.1) is 10.8 Å². The van der Waals surface area contributed by atoms with Crippen LogP contribution in [0.5, 0.6) is 0 Å². The van der Waals surface area contributed by atoms with E-state index < -0.39 is 0 Å². The molecule has 0 amide bonds. The van der Waals surface area contributed by atoms with Gasteiger partial charge in [0.15, 0.2) is 0 Å². The minimum Gasteiger partial charge on any atom is -0.286 e. The van der Waals surface area contributed by atoms with Gasteiger partial charge in [-0.15, -0.1) is 12.6 Å². The van der Waals surface area contributed by atoms with Crippen molar-refractivity contribution in [3.8, 4) is 11.3 Å². The molecule has 27 heavy (non-hydrogen) atoms. The number of fused-ring (bicyclic) bond motifs is 1. The van der Waals surface area contributed by atoms with Gasteiger partial charge in [0.25, 0.3) is 0 Å². The van der Waals surface area contributed by atoms with E-state index in [9.17, 15) is 0 Å². The van der Waals surface area contributed by atoms with Gasteiger partial charge in [0.1, 0.15) is 11.3 Å². The van der Waals surface area contributed by atoms with Crippen LogP contribution >= 0.6 is 12.6 Å². The zero-order chi connectivity index (χ0) is 18.8. The predicted octanol–water partition coefficient (Wildman–Crippen LogP) is 3.93. The van der Waals surface area contributed by atoms with Crippen LogP contribution in [-0.2, 0) is 6.42 Å². The van der Waals surface area contributed by atoms with Crippen molar-refractivity contribution >= 4 is 29.4 Å². The van der Waals surface area contributed by atoms with Crippen LogP contribution in [0.2, 0.25) is 0 Å². The van der Waals surface area contributed by atoms with Gasteiger partial charge in [0.05, 0.1) is 11.2 Å².